The Balaban J connectivity index is 0.00000162. The summed E-state index contributed by atoms with van der Waals surface area (Å²) < 4.78 is 33.2. The molecule has 6 nitrogen and oxygen atoms in total. The van der Waals surface area contributed by atoms with Gasteiger partial charge in [0.1, 0.15) is 0 Å². The molecule has 2 N–H and O–H groups in total. The standard InChI is InChI=1S/C10H21N3O3S.ClH/c11-8-10-9-13(6-7-16-10)17(14,15)12-4-2-1-3-5-12;/h10H,1-9,11H2;1H. The van der Waals surface area contributed by atoms with Gasteiger partial charge in [0.25, 0.3) is 10.2 Å². The fourth-order valence-electron chi connectivity index (χ4n) is 2.30. The van der Waals surface area contributed by atoms with Crippen molar-refractivity contribution in [2.45, 2.75) is 25.4 Å². The number of piperidine rings is 1. The third-order valence-corrected chi connectivity index (χ3v) is 5.33. The summed E-state index contributed by atoms with van der Waals surface area (Å²) in [4.78, 5) is 0. The van der Waals surface area contributed by atoms with Gasteiger partial charge in [-0.25, -0.2) is 0 Å². The smallest absolute Gasteiger partial charge is 0.282 e. The highest BCUT2D eigenvalue weighted by Crippen LogP contribution is 2.18. The molecule has 2 aliphatic heterocycles. The molecule has 2 heterocycles. The summed E-state index contributed by atoms with van der Waals surface area (Å²) in [7, 11) is -3.30. The van der Waals surface area contributed by atoms with Gasteiger partial charge in [-0.2, -0.15) is 17.0 Å². The third kappa shape index (κ3) is 3.55. The second-order valence-corrected chi connectivity index (χ2v) is 6.48. The summed E-state index contributed by atoms with van der Waals surface area (Å²) in [5.74, 6) is 0. The molecule has 2 aliphatic rings. The van der Waals surface area contributed by atoms with Crippen LogP contribution >= 0.6 is 12.4 Å². The van der Waals surface area contributed by atoms with E-state index >= 15 is 0 Å². The Morgan fingerprint density at radius 2 is 1.78 bits per heavy atom. The van der Waals surface area contributed by atoms with Crippen LogP contribution in [0.4, 0.5) is 0 Å². The molecule has 18 heavy (non-hydrogen) atoms. The third-order valence-electron chi connectivity index (χ3n) is 3.33. The van der Waals surface area contributed by atoms with E-state index in [1.165, 1.54) is 4.31 Å². The lowest BCUT2D eigenvalue weighted by Gasteiger charge is -2.36. The van der Waals surface area contributed by atoms with Crippen molar-refractivity contribution in [3.63, 3.8) is 0 Å². The van der Waals surface area contributed by atoms with Gasteiger partial charge in [0, 0.05) is 32.7 Å². The lowest BCUT2D eigenvalue weighted by molar-refractivity contribution is 0.00251. The topological polar surface area (TPSA) is 75.9 Å². The number of rotatable bonds is 3. The van der Waals surface area contributed by atoms with Crippen LogP contribution in [0.1, 0.15) is 19.3 Å². The summed E-state index contributed by atoms with van der Waals surface area (Å²) in [5, 5.41) is 0. The van der Waals surface area contributed by atoms with Gasteiger partial charge < -0.3 is 10.5 Å². The minimum absolute atomic E-state index is 0. The number of nitrogens with two attached hydrogens (primary N) is 1. The minimum atomic E-state index is -3.30. The maximum atomic E-state index is 12.4. The van der Waals surface area contributed by atoms with E-state index in [0.717, 1.165) is 19.3 Å². The molecule has 0 aliphatic carbocycles. The molecule has 108 valence electrons. The quantitative estimate of drug-likeness (QED) is 0.783. The fourth-order valence-corrected chi connectivity index (χ4v) is 4.01. The van der Waals surface area contributed by atoms with Crippen LogP contribution in [-0.2, 0) is 14.9 Å². The van der Waals surface area contributed by atoms with Crippen molar-refractivity contribution in [2.24, 2.45) is 5.73 Å². The van der Waals surface area contributed by atoms with Crippen molar-refractivity contribution >= 4 is 22.6 Å². The van der Waals surface area contributed by atoms with Gasteiger partial charge >= 0.3 is 0 Å². The molecule has 0 bridgehead atoms. The van der Waals surface area contributed by atoms with Crippen LogP contribution in [0.3, 0.4) is 0 Å². The van der Waals surface area contributed by atoms with E-state index in [-0.39, 0.29) is 18.5 Å². The Bertz CT molecular complexity index is 346. The van der Waals surface area contributed by atoms with E-state index in [9.17, 15) is 8.42 Å². The van der Waals surface area contributed by atoms with E-state index in [2.05, 4.69) is 0 Å². The number of nitrogens with zero attached hydrogens (tertiary/aromatic N) is 2. The Kier molecular flexibility index (Phi) is 6.29. The monoisotopic (exact) mass is 299 g/mol. The van der Waals surface area contributed by atoms with Gasteiger partial charge in [-0.3, -0.25) is 0 Å². The molecule has 2 rings (SSSR count). The lowest BCUT2D eigenvalue weighted by atomic mass is 10.2. The summed E-state index contributed by atoms with van der Waals surface area (Å²) in [6, 6.07) is 0. The van der Waals surface area contributed by atoms with E-state index in [4.69, 9.17) is 10.5 Å². The van der Waals surface area contributed by atoms with Gasteiger partial charge in [-0.05, 0) is 12.8 Å². The van der Waals surface area contributed by atoms with E-state index in [1.54, 1.807) is 4.31 Å². The Hall–Kier alpha value is 0.0800. The number of ether oxygens (including phenoxy) is 1. The normalized spacial score (nSPS) is 27.7. The van der Waals surface area contributed by atoms with Crippen molar-refractivity contribution in [1.82, 2.24) is 8.61 Å². The van der Waals surface area contributed by atoms with Gasteiger partial charge in [0.05, 0.1) is 12.7 Å². The first kappa shape index (κ1) is 16.1. The molecular weight excluding hydrogens is 278 g/mol. The van der Waals surface area contributed by atoms with Crippen LogP contribution in [0.25, 0.3) is 0 Å². The maximum absolute atomic E-state index is 12.4. The molecule has 0 aromatic carbocycles. The molecule has 0 spiro atoms. The van der Waals surface area contributed by atoms with Crippen LogP contribution in [0, 0.1) is 0 Å². The van der Waals surface area contributed by atoms with Crippen molar-refractivity contribution in [3.05, 3.63) is 0 Å². The average molecular weight is 300 g/mol. The van der Waals surface area contributed by atoms with Crippen LogP contribution in [0.2, 0.25) is 0 Å². The molecule has 0 saturated carbocycles. The largest absolute Gasteiger partial charge is 0.374 e. The second-order valence-electron chi connectivity index (χ2n) is 4.55. The van der Waals surface area contributed by atoms with Gasteiger partial charge in [-0.15, -0.1) is 12.4 Å². The van der Waals surface area contributed by atoms with Crippen molar-refractivity contribution < 1.29 is 13.2 Å². The fraction of sp³-hybridized carbons (Fsp3) is 1.00. The molecular formula is C10H22ClN3O3S. The maximum Gasteiger partial charge on any atom is 0.282 e. The first-order valence-electron chi connectivity index (χ1n) is 6.21. The number of halogens is 1. The molecule has 0 aromatic rings. The van der Waals surface area contributed by atoms with Crippen LogP contribution in [0.5, 0.6) is 0 Å². The van der Waals surface area contributed by atoms with E-state index in [1.807, 2.05) is 0 Å². The molecule has 1 unspecified atom stereocenters. The van der Waals surface area contributed by atoms with Crippen LogP contribution < -0.4 is 5.73 Å². The minimum Gasteiger partial charge on any atom is -0.374 e. The highest BCUT2D eigenvalue weighted by Gasteiger charge is 2.34. The Morgan fingerprint density at radius 1 is 1.11 bits per heavy atom. The zero-order chi connectivity index (χ0) is 12.3. The predicted molar refractivity (Wildman–Crippen MR) is 72.0 cm³/mol. The summed E-state index contributed by atoms with van der Waals surface area (Å²) >= 11 is 0. The van der Waals surface area contributed by atoms with Gasteiger partial charge in [0.15, 0.2) is 0 Å². The second kappa shape index (κ2) is 7.02. The first-order chi connectivity index (χ1) is 8.14. The van der Waals surface area contributed by atoms with Gasteiger partial charge in [-0.1, -0.05) is 6.42 Å². The molecule has 0 aromatic heterocycles. The Morgan fingerprint density at radius 3 is 2.39 bits per heavy atom. The molecule has 0 radical (unpaired) electrons. The zero-order valence-electron chi connectivity index (χ0n) is 10.5. The highest BCUT2D eigenvalue weighted by molar-refractivity contribution is 7.86. The van der Waals surface area contributed by atoms with Crippen molar-refractivity contribution in [2.75, 3.05) is 39.3 Å². The average Bonchev–Trinajstić information content (AvgIpc) is 2.40. The summed E-state index contributed by atoms with van der Waals surface area (Å²) in [5.41, 5.74) is 5.53. The highest BCUT2D eigenvalue weighted by atomic mass is 35.5. The zero-order valence-corrected chi connectivity index (χ0v) is 12.1. The number of morpholine rings is 1. The summed E-state index contributed by atoms with van der Waals surface area (Å²) in [6.07, 6.45) is 2.89. The number of hydrogen-bond acceptors (Lipinski definition) is 4. The summed E-state index contributed by atoms with van der Waals surface area (Å²) in [6.45, 7) is 2.92. The van der Waals surface area contributed by atoms with Crippen LogP contribution in [0.15, 0.2) is 0 Å². The molecule has 2 fully saturated rings. The SMILES string of the molecule is Cl.NCC1CN(S(=O)(=O)N2CCCCC2)CCO1. The van der Waals surface area contributed by atoms with Crippen molar-refractivity contribution in [1.29, 1.82) is 0 Å². The number of hydrogen-bond donors (Lipinski definition) is 1. The lowest BCUT2D eigenvalue weighted by Crippen LogP contribution is -2.53. The Labute approximate surface area is 115 Å². The van der Waals surface area contributed by atoms with Crippen LogP contribution in [-0.4, -0.2) is 62.5 Å². The molecule has 8 heteroatoms. The predicted octanol–water partition coefficient (Wildman–Crippen LogP) is -0.202. The van der Waals surface area contributed by atoms with E-state index in [0.29, 0.717) is 39.3 Å². The van der Waals surface area contributed by atoms with Crippen molar-refractivity contribution in [3.8, 4) is 0 Å². The van der Waals surface area contributed by atoms with E-state index < -0.39 is 10.2 Å². The first-order valence-corrected chi connectivity index (χ1v) is 7.61. The molecule has 1 atom stereocenters. The van der Waals surface area contributed by atoms with Gasteiger partial charge in [0.2, 0.25) is 0 Å². The molecule has 0 amide bonds. The molecule has 2 saturated heterocycles.